The lowest BCUT2D eigenvalue weighted by Gasteiger charge is -2.09. The summed E-state index contributed by atoms with van der Waals surface area (Å²) in [6.07, 6.45) is 0. The molecule has 0 radical (unpaired) electrons. The van der Waals surface area contributed by atoms with E-state index in [-0.39, 0.29) is 0 Å². The minimum Gasteiger partial charge on any atom is -0.379 e. The van der Waals surface area contributed by atoms with Gasteiger partial charge in [-0.2, -0.15) is 0 Å². The van der Waals surface area contributed by atoms with E-state index in [4.69, 9.17) is 34.8 Å². The number of nitrogens with one attached hydrogen (secondary N) is 1. The number of rotatable bonds is 3. The molecule has 0 aliphatic rings. The van der Waals surface area contributed by atoms with Gasteiger partial charge in [-0.15, -0.1) is 11.3 Å². The Morgan fingerprint density at radius 1 is 0.952 bits per heavy atom. The number of thiophene rings is 1. The van der Waals surface area contributed by atoms with Crippen LogP contribution in [0, 0.1) is 0 Å². The lowest BCUT2D eigenvalue weighted by atomic mass is 10.2. The van der Waals surface area contributed by atoms with Gasteiger partial charge in [-0.25, -0.2) is 0 Å². The van der Waals surface area contributed by atoms with E-state index in [1.807, 2.05) is 30.3 Å². The Bertz CT molecular complexity index is 816. The Labute approximate surface area is 150 Å². The van der Waals surface area contributed by atoms with Crippen LogP contribution in [0.4, 0.5) is 5.69 Å². The van der Waals surface area contributed by atoms with Crippen molar-refractivity contribution in [3.8, 4) is 0 Å². The molecule has 1 nitrogen and oxygen atoms in total. The highest BCUT2D eigenvalue weighted by Gasteiger charge is 2.12. The summed E-state index contributed by atoms with van der Waals surface area (Å²) in [6.45, 7) is 0.607. The summed E-state index contributed by atoms with van der Waals surface area (Å²) in [4.78, 5) is 1.08. The van der Waals surface area contributed by atoms with Gasteiger partial charge in [-0.05, 0) is 34.1 Å². The van der Waals surface area contributed by atoms with Crippen LogP contribution < -0.4 is 5.32 Å². The van der Waals surface area contributed by atoms with E-state index < -0.39 is 0 Å². The molecule has 3 rings (SSSR count). The van der Waals surface area contributed by atoms with Gasteiger partial charge in [0.2, 0.25) is 0 Å². The molecule has 3 aromatic rings. The molecule has 0 saturated carbocycles. The SMILES string of the molecule is Clc1c(Br)ccc(NCc2sc3ccccc3c2Cl)c1Cl. The highest BCUT2D eigenvalue weighted by atomic mass is 79.9. The van der Waals surface area contributed by atoms with Crippen LogP contribution >= 0.6 is 62.1 Å². The van der Waals surface area contributed by atoms with E-state index in [0.717, 1.165) is 25.4 Å². The Morgan fingerprint density at radius 2 is 1.71 bits per heavy atom. The van der Waals surface area contributed by atoms with Crippen LogP contribution in [0.15, 0.2) is 40.9 Å². The van der Waals surface area contributed by atoms with Gasteiger partial charge in [0, 0.05) is 19.4 Å². The van der Waals surface area contributed by atoms with Crippen molar-refractivity contribution >= 4 is 77.8 Å². The monoisotopic (exact) mass is 419 g/mol. The van der Waals surface area contributed by atoms with Gasteiger partial charge < -0.3 is 5.32 Å². The summed E-state index contributed by atoms with van der Waals surface area (Å²) in [7, 11) is 0. The van der Waals surface area contributed by atoms with E-state index >= 15 is 0 Å². The summed E-state index contributed by atoms with van der Waals surface area (Å²) in [5.74, 6) is 0. The molecule has 0 spiro atoms. The summed E-state index contributed by atoms with van der Waals surface area (Å²) >= 11 is 23.8. The molecular formula is C15H9BrCl3NS. The van der Waals surface area contributed by atoms with Crippen molar-refractivity contribution in [2.75, 3.05) is 5.32 Å². The second-order valence-electron chi connectivity index (χ2n) is 4.41. The van der Waals surface area contributed by atoms with Gasteiger partial charge in [0.1, 0.15) is 0 Å². The number of benzene rings is 2. The maximum absolute atomic E-state index is 6.42. The molecule has 0 saturated heterocycles. The lowest BCUT2D eigenvalue weighted by Crippen LogP contribution is -1.98. The van der Waals surface area contributed by atoms with Crippen LogP contribution in [-0.2, 0) is 6.54 Å². The molecule has 0 bridgehead atoms. The van der Waals surface area contributed by atoms with Crippen molar-refractivity contribution in [2.24, 2.45) is 0 Å². The van der Waals surface area contributed by atoms with Crippen LogP contribution in [0.1, 0.15) is 4.88 Å². The van der Waals surface area contributed by atoms with Crippen molar-refractivity contribution in [3.63, 3.8) is 0 Å². The number of anilines is 1. The first-order valence-corrected chi connectivity index (χ1v) is 8.85. The average Bonchev–Trinajstić information content (AvgIpc) is 2.81. The molecule has 0 amide bonds. The number of halogens is 4. The average molecular weight is 422 g/mol. The third-order valence-electron chi connectivity index (χ3n) is 3.08. The van der Waals surface area contributed by atoms with Crippen molar-refractivity contribution in [3.05, 3.63) is 60.8 Å². The van der Waals surface area contributed by atoms with Gasteiger partial charge >= 0.3 is 0 Å². The summed E-state index contributed by atoms with van der Waals surface area (Å²) in [5, 5.41) is 6.17. The van der Waals surface area contributed by atoms with Crippen molar-refractivity contribution in [1.29, 1.82) is 0 Å². The first kappa shape index (κ1) is 15.4. The molecule has 0 aliphatic carbocycles. The van der Waals surface area contributed by atoms with Gasteiger partial charge in [-0.1, -0.05) is 53.0 Å². The lowest BCUT2D eigenvalue weighted by molar-refractivity contribution is 1.19. The molecule has 1 aromatic heterocycles. The summed E-state index contributed by atoms with van der Waals surface area (Å²) in [6, 6.07) is 11.9. The normalized spacial score (nSPS) is 11.0. The third-order valence-corrected chi connectivity index (χ3v) is 6.56. The topological polar surface area (TPSA) is 12.0 Å². The quantitative estimate of drug-likeness (QED) is 0.440. The molecule has 0 atom stereocenters. The molecule has 0 fully saturated rings. The Kier molecular flexibility index (Phi) is 4.67. The van der Waals surface area contributed by atoms with Crippen LogP contribution in [0.3, 0.4) is 0 Å². The fourth-order valence-electron chi connectivity index (χ4n) is 2.02. The zero-order valence-corrected chi connectivity index (χ0v) is 15.3. The van der Waals surface area contributed by atoms with Gasteiger partial charge in [0.15, 0.2) is 0 Å². The summed E-state index contributed by atoms with van der Waals surface area (Å²) in [5.41, 5.74) is 0.790. The van der Waals surface area contributed by atoms with Crippen molar-refractivity contribution < 1.29 is 0 Å². The third kappa shape index (κ3) is 3.03. The second-order valence-corrected chi connectivity index (χ2v) is 7.54. The molecule has 6 heteroatoms. The van der Waals surface area contributed by atoms with E-state index in [1.165, 1.54) is 4.70 Å². The van der Waals surface area contributed by atoms with Crippen LogP contribution in [0.2, 0.25) is 15.1 Å². The van der Waals surface area contributed by atoms with Crippen molar-refractivity contribution in [2.45, 2.75) is 6.54 Å². The molecule has 1 N–H and O–H groups in total. The van der Waals surface area contributed by atoms with E-state index in [1.54, 1.807) is 11.3 Å². The maximum Gasteiger partial charge on any atom is 0.0835 e. The fourth-order valence-corrected chi connectivity index (χ4v) is 4.30. The molecule has 2 aromatic carbocycles. The minimum atomic E-state index is 0.503. The van der Waals surface area contributed by atoms with Gasteiger partial charge in [0.05, 0.1) is 27.3 Å². The Hall–Kier alpha value is -0.450. The van der Waals surface area contributed by atoms with Gasteiger partial charge in [0.25, 0.3) is 0 Å². The molecule has 1 heterocycles. The first-order chi connectivity index (χ1) is 10.1. The van der Waals surface area contributed by atoms with E-state index in [9.17, 15) is 0 Å². The van der Waals surface area contributed by atoms with Crippen LogP contribution in [0.25, 0.3) is 10.1 Å². The molecular weight excluding hydrogens is 413 g/mol. The van der Waals surface area contributed by atoms with Gasteiger partial charge in [-0.3, -0.25) is 0 Å². The molecule has 0 aliphatic heterocycles. The Balaban J connectivity index is 1.87. The number of hydrogen-bond donors (Lipinski definition) is 1. The van der Waals surface area contributed by atoms with E-state index in [0.29, 0.717) is 16.6 Å². The zero-order valence-electron chi connectivity index (χ0n) is 10.6. The maximum atomic E-state index is 6.42. The number of fused-ring (bicyclic) bond motifs is 1. The van der Waals surface area contributed by atoms with Crippen molar-refractivity contribution in [1.82, 2.24) is 0 Å². The minimum absolute atomic E-state index is 0.503. The largest absolute Gasteiger partial charge is 0.379 e. The highest BCUT2D eigenvalue weighted by molar-refractivity contribution is 9.10. The predicted octanol–water partition coefficient (Wildman–Crippen LogP) is 7.24. The molecule has 108 valence electrons. The smallest absolute Gasteiger partial charge is 0.0835 e. The predicted molar refractivity (Wildman–Crippen MR) is 98.3 cm³/mol. The fraction of sp³-hybridized carbons (Fsp3) is 0.0667. The highest BCUT2D eigenvalue weighted by Crippen LogP contribution is 2.38. The zero-order chi connectivity index (χ0) is 15.0. The Morgan fingerprint density at radius 3 is 2.48 bits per heavy atom. The molecule has 21 heavy (non-hydrogen) atoms. The molecule has 0 unspecified atom stereocenters. The van der Waals surface area contributed by atoms with Crippen LogP contribution in [0.5, 0.6) is 0 Å². The number of hydrogen-bond acceptors (Lipinski definition) is 2. The second kappa shape index (κ2) is 6.35. The standard InChI is InChI=1S/C15H9BrCl3NS/c16-9-5-6-10(15(19)14(9)18)20-7-12-13(17)8-3-1-2-4-11(8)21-12/h1-6,20H,7H2. The van der Waals surface area contributed by atoms with Crippen LogP contribution in [-0.4, -0.2) is 0 Å². The van der Waals surface area contributed by atoms with E-state index in [2.05, 4.69) is 27.3 Å². The summed E-state index contributed by atoms with van der Waals surface area (Å²) < 4.78 is 1.96. The first-order valence-electron chi connectivity index (χ1n) is 6.11.